The molecule has 0 amide bonds. The lowest BCUT2D eigenvalue weighted by Gasteiger charge is -2.15. The Morgan fingerprint density at radius 1 is 0.929 bits per heavy atom. The molecule has 28 heavy (non-hydrogen) atoms. The number of fused-ring (bicyclic) bond motifs is 6. The molecule has 2 nitrogen and oxygen atoms in total. The molecule has 0 radical (unpaired) electrons. The van der Waals surface area contributed by atoms with Gasteiger partial charge in [0.2, 0.25) is 0 Å². The van der Waals surface area contributed by atoms with Gasteiger partial charge in [0, 0.05) is 32.0 Å². The van der Waals surface area contributed by atoms with Gasteiger partial charge in [-0.1, -0.05) is 47.1 Å². The number of hydrogen-bond acceptors (Lipinski definition) is 1. The van der Waals surface area contributed by atoms with Crippen LogP contribution in [0.1, 0.15) is 18.2 Å². The summed E-state index contributed by atoms with van der Waals surface area (Å²) in [6.07, 6.45) is 5.70. The molecule has 2 aromatic heterocycles. The van der Waals surface area contributed by atoms with Gasteiger partial charge in [0.1, 0.15) is 11.2 Å². The highest BCUT2D eigenvalue weighted by atomic mass is 79.9. The first-order valence-corrected chi connectivity index (χ1v) is 10.4. The van der Waals surface area contributed by atoms with Gasteiger partial charge in [-0.15, -0.1) is 0 Å². The topological polar surface area (TPSA) is 18.1 Å². The summed E-state index contributed by atoms with van der Waals surface area (Å²) in [5, 5.41) is 3.64. The van der Waals surface area contributed by atoms with Crippen LogP contribution in [0.2, 0.25) is 0 Å². The number of halogens is 1. The Hall–Kier alpha value is -2.78. The molecular weight excluding hydrogens is 410 g/mol. The highest BCUT2D eigenvalue weighted by molar-refractivity contribution is 9.10. The first kappa shape index (κ1) is 16.2. The van der Waals surface area contributed by atoms with E-state index in [4.69, 9.17) is 4.42 Å². The van der Waals surface area contributed by atoms with E-state index in [2.05, 4.69) is 88.1 Å². The van der Waals surface area contributed by atoms with E-state index < -0.39 is 0 Å². The molecule has 0 spiro atoms. The molecule has 0 aliphatic heterocycles. The van der Waals surface area contributed by atoms with Gasteiger partial charge in [-0.2, -0.15) is 0 Å². The third-order valence-electron chi connectivity index (χ3n) is 5.80. The monoisotopic (exact) mass is 427 g/mol. The fourth-order valence-electron chi connectivity index (χ4n) is 4.52. The molecule has 1 atom stereocenters. The van der Waals surface area contributed by atoms with Crippen molar-refractivity contribution in [2.24, 2.45) is 5.92 Å². The highest BCUT2D eigenvalue weighted by Gasteiger charge is 2.21. The maximum absolute atomic E-state index is 6.05. The van der Waals surface area contributed by atoms with Crippen molar-refractivity contribution in [2.45, 2.75) is 13.3 Å². The molecule has 0 fully saturated rings. The van der Waals surface area contributed by atoms with Crippen LogP contribution in [0, 0.1) is 5.92 Å². The van der Waals surface area contributed by atoms with E-state index in [9.17, 15) is 0 Å². The van der Waals surface area contributed by atoms with Crippen LogP contribution < -0.4 is 0 Å². The van der Waals surface area contributed by atoms with Crippen LogP contribution in [0.25, 0.3) is 44.6 Å². The summed E-state index contributed by atoms with van der Waals surface area (Å²) < 4.78 is 9.51. The first-order valence-electron chi connectivity index (χ1n) is 9.62. The summed E-state index contributed by atoms with van der Waals surface area (Å²) in [4.78, 5) is 0. The first-order chi connectivity index (χ1) is 13.7. The van der Waals surface area contributed by atoms with Crippen molar-refractivity contribution in [1.82, 2.24) is 4.57 Å². The van der Waals surface area contributed by atoms with Crippen LogP contribution in [0.4, 0.5) is 0 Å². The Balaban J connectivity index is 1.68. The molecule has 0 saturated heterocycles. The maximum Gasteiger partial charge on any atom is 0.135 e. The summed E-state index contributed by atoms with van der Waals surface area (Å²) in [7, 11) is 0. The van der Waals surface area contributed by atoms with E-state index in [0.717, 1.165) is 32.8 Å². The van der Waals surface area contributed by atoms with E-state index in [1.807, 2.05) is 12.1 Å². The van der Waals surface area contributed by atoms with E-state index in [1.54, 1.807) is 0 Å². The average molecular weight is 428 g/mol. The Morgan fingerprint density at radius 3 is 2.61 bits per heavy atom. The Labute approximate surface area is 171 Å². The van der Waals surface area contributed by atoms with Gasteiger partial charge >= 0.3 is 0 Å². The van der Waals surface area contributed by atoms with Crippen molar-refractivity contribution in [1.29, 1.82) is 0 Å². The molecule has 2 heterocycles. The predicted molar refractivity (Wildman–Crippen MR) is 120 cm³/mol. The van der Waals surface area contributed by atoms with Gasteiger partial charge in [0.05, 0.1) is 5.52 Å². The van der Waals surface area contributed by atoms with Gasteiger partial charge in [-0.25, -0.2) is 0 Å². The third kappa shape index (κ3) is 2.26. The molecule has 3 aromatic carbocycles. The normalized spacial score (nSPS) is 16.3. The number of furan rings is 1. The lowest BCUT2D eigenvalue weighted by atomic mass is 9.93. The van der Waals surface area contributed by atoms with Crippen LogP contribution in [-0.4, -0.2) is 4.57 Å². The number of rotatable bonds is 1. The highest BCUT2D eigenvalue weighted by Crippen LogP contribution is 2.37. The second kappa shape index (κ2) is 5.86. The quantitative estimate of drug-likeness (QED) is 0.270. The molecule has 0 N–H and O–H groups in total. The van der Waals surface area contributed by atoms with Crippen molar-refractivity contribution in [3.8, 4) is 5.69 Å². The minimum atomic E-state index is 0.574. The third-order valence-corrected chi connectivity index (χ3v) is 6.30. The predicted octanol–water partition coefficient (Wildman–Crippen LogP) is 7.50. The molecular formula is C25H18BrNO. The molecule has 6 rings (SSSR count). The van der Waals surface area contributed by atoms with Crippen LogP contribution in [0.15, 0.2) is 75.6 Å². The van der Waals surface area contributed by atoms with Crippen molar-refractivity contribution in [3.63, 3.8) is 0 Å². The molecule has 1 unspecified atom stereocenters. The van der Waals surface area contributed by atoms with E-state index in [1.165, 1.54) is 27.8 Å². The molecule has 5 aromatic rings. The summed E-state index contributed by atoms with van der Waals surface area (Å²) >= 11 is 3.59. The second-order valence-electron chi connectivity index (χ2n) is 7.68. The number of hydrogen-bond donors (Lipinski definition) is 0. The zero-order valence-electron chi connectivity index (χ0n) is 15.4. The maximum atomic E-state index is 6.05. The van der Waals surface area contributed by atoms with E-state index in [-0.39, 0.29) is 0 Å². The average Bonchev–Trinajstić information content (AvgIpc) is 3.22. The van der Waals surface area contributed by atoms with E-state index in [0.29, 0.717) is 5.92 Å². The van der Waals surface area contributed by atoms with Gasteiger partial charge in [-0.05, 0) is 66.4 Å². The van der Waals surface area contributed by atoms with Crippen LogP contribution in [-0.2, 0) is 6.42 Å². The Morgan fingerprint density at radius 2 is 1.71 bits per heavy atom. The number of allylic oxidation sites excluding steroid dienone is 1. The van der Waals surface area contributed by atoms with Gasteiger partial charge in [0.15, 0.2) is 0 Å². The van der Waals surface area contributed by atoms with Crippen molar-refractivity contribution in [2.75, 3.05) is 0 Å². The lowest BCUT2D eigenvalue weighted by molar-refractivity contribution is 0.669. The standard InChI is InChI=1S/C25H18BrNO/c1-15-6-9-23-19(12-15)18-4-2-3-5-22(18)27(23)17-8-11-25-21(14-17)20-13-16(26)7-10-24(20)28-25/h2-11,13-15H,12H2,1H3. The zero-order valence-corrected chi connectivity index (χ0v) is 17.0. The minimum absolute atomic E-state index is 0.574. The summed E-state index contributed by atoms with van der Waals surface area (Å²) in [5.74, 6) is 0.574. The fraction of sp³-hybridized carbons (Fsp3) is 0.120. The SMILES string of the molecule is CC1C=Cc2c(c3ccccc3n2-c2ccc3oc4ccc(Br)cc4c3c2)C1. The van der Waals surface area contributed by atoms with E-state index >= 15 is 0 Å². The van der Waals surface area contributed by atoms with Gasteiger partial charge < -0.3 is 8.98 Å². The van der Waals surface area contributed by atoms with Crippen molar-refractivity contribution < 1.29 is 4.42 Å². The summed E-state index contributed by atoms with van der Waals surface area (Å²) in [6.45, 7) is 2.28. The smallest absolute Gasteiger partial charge is 0.135 e. The van der Waals surface area contributed by atoms with Gasteiger partial charge in [-0.3, -0.25) is 0 Å². The molecule has 1 aliphatic rings. The fourth-order valence-corrected chi connectivity index (χ4v) is 4.88. The molecule has 0 saturated carbocycles. The second-order valence-corrected chi connectivity index (χ2v) is 8.60. The Bertz CT molecular complexity index is 1420. The largest absolute Gasteiger partial charge is 0.456 e. The number of aromatic nitrogens is 1. The number of para-hydroxylation sites is 1. The summed E-state index contributed by atoms with van der Waals surface area (Å²) in [5.41, 5.74) is 7.03. The number of nitrogens with zero attached hydrogens (tertiary/aromatic N) is 1. The van der Waals surface area contributed by atoms with Crippen molar-refractivity contribution in [3.05, 3.63) is 82.5 Å². The molecule has 0 bridgehead atoms. The Kier molecular flexibility index (Phi) is 3.39. The minimum Gasteiger partial charge on any atom is -0.456 e. The lowest BCUT2D eigenvalue weighted by Crippen LogP contribution is -2.05. The summed E-state index contributed by atoms with van der Waals surface area (Å²) in [6, 6.07) is 21.4. The van der Waals surface area contributed by atoms with Crippen molar-refractivity contribution >= 4 is 54.8 Å². The van der Waals surface area contributed by atoms with Crippen LogP contribution in [0.3, 0.4) is 0 Å². The zero-order chi connectivity index (χ0) is 18.8. The molecule has 1 aliphatic carbocycles. The van der Waals surface area contributed by atoms with Gasteiger partial charge in [0.25, 0.3) is 0 Å². The van der Waals surface area contributed by atoms with Crippen LogP contribution in [0.5, 0.6) is 0 Å². The van der Waals surface area contributed by atoms with Crippen LogP contribution >= 0.6 is 15.9 Å². The molecule has 3 heteroatoms. The number of benzene rings is 3. The molecule has 136 valence electrons.